The molecule has 3 N–H and O–H groups in total. The van der Waals surface area contributed by atoms with Crippen LogP contribution in [0.3, 0.4) is 0 Å². The van der Waals surface area contributed by atoms with Crippen molar-refractivity contribution in [2.24, 2.45) is 92.7 Å². The second-order valence-electron chi connectivity index (χ2n) is 30.1. The van der Waals surface area contributed by atoms with Crippen LogP contribution in [0.15, 0.2) is 23.3 Å². The van der Waals surface area contributed by atoms with Crippen LogP contribution in [0.4, 0.5) is 9.59 Å². The number of nitrogens with one attached hydrogen (secondary N) is 2. The third kappa shape index (κ3) is 24.4. The number of carboxylic acid groups (broad SMARTS) is 1. The molecule has 0 spiro atoms. The SMILES string of the molecule is C.CCCN(CCNC(=O)O[C@H]1CC[C@@]2(C)C(=CC[C@H]3[C@@H]4CC[C@H]([C@H](C)CCCC(C)C)[C@@]4(C)CC[C@@H]32)C1)CC(=O)OCC.O=C=O.O=C=O.[CH2-]N(CCNC(=O)O[C@H]1CC[C@@]2(C)C(=CC[C@H]3[C@@H]4CC[C@H]([C@H](C)CCCC(C)C)[C@@]4(C)CC[C@@H]32)C1)CC(=O)[O-].[Li+].[Li+].[Li+].[OH-]. The standard InChI is InChI=1S/C37H64N2O4.C33H55N2O4.2CO2.CH4.3Li.H2O/c1-8-22-39(25-34(40)42-9-2)23-21-38-35(41)43-29-17-19-36(6)28(24-29)13-14-30-32-16-15-31(27(5)12-10-11-26(3)4)37(32,7)20-18-33(30)36;1-22(2)8-7-9-23(3)27-12-13-28-26-11-10-24-20-25(39-31(38)34-18-19-35(6)21-30(36)37)14-16-32(24,4)29(26)15-17-33(27,28)5;2*2-1-3;;;;;/h13,26-27,29-33H,8-12,14-25H2,1-7H3,(H,38,41);10,22-23,25-29H,6-9,11-21H2,1-5H3,(H,34,38)(H,36,37);;;1H4;;;;1H2/q;-1;;;;3*+1;/p-2/t27-,29+,30+,31-,32+,33+,36+,37-;23-,25+,26+,27-,28+,29+,32+,33-;;;;;;;/m11......./s1. The van der Waals surface area contributed by atoms with Crippen LogP contribution in [0.25, 0.3) is 0 Å². The average Bonchev–Trinajstić information content (AvgIpc) is 1.72. The largest absolute Gasteiger partial charge is 1.00 e. The van der Waals surface area contributed by atoms with Crippen LogP contribution in [-0.2, 0) is 43.0 Å². The average molecular weight is 1290 g/mol. The second-order valence-corrected chi connectivity index (χ2v) is 30.1. The molecule has 0 bridgehead atoms. The van der Waals surface area contributed by atoms with Crippen LogP contribution in [-0.4, -0.2) is 116 Å². The van der Waals surface area contributed by atoms with Gasteiger partial charge in [0, 0.05) is 39.0 Å². The van der Waals surface area contributed by atoms with Gasteiger partial charge in [0.1, 0.15) is 12.2 Å². The first-order valence-electron chi connectivity index (χ1n) is 34.7. The van der Waals surface area contributed by atoms with E-state index < -0.39 is 12.1 Å². The number of ether oxygens (including phenoxy) is 3. The van der Waals surface area contributed by atoms with Crippen LogP contribution < -0.4 is 72.3 Å². The first-order chi connectivity index (χ1) is 41.8. The number of amides is 2. The number of carboxylic acids is 1. The van der Waals surface area contributed by atoms with Gasteiger partial charge in [0.2, 0.25) is 0 Å². The molecule has 2 amide bonds. The first-order valence-corrected chi connectivity index (χ1v) is 34.7. The maximum atomic E-state index is 12.7. The van der Waals surface area contributed by atoms with Gasteiger partial charge in [-0.2, -0.15) is 19.2 Å². The topological polar surface area (TPSA) is 248 Å². The minimum Gasteiger partial charge on any atom is -0.870 e. The molecule has 0 heterocycles. The summed E-state index contributed by atoms with van der Waals surface area (Å²) in [6.07, 6.45) is 33.4. The second kappa shape index (κ2) is 43.0. The molecule has 0 saturated heterocycles. The van der Waals surface area contributed by atoms with E-state index in [1.807, 2.05) is 11.8 Å². The summed E-state index contributed by atoms with van der Waals surface area (Å²) < 4.78 is 16.8. The van der Waals surface area contributed by atoms with Gasteiger partial charge >= 0.3 is 87.0 Å². The summed E-state index contributed by atoms with van der Waals surface area (Å²) in [6.45, 7) is 31.7. The number of nitrogens with zero attached hydrogens (tertiary/aromatic N) is 2. The van der Waals surface area contributed by atoms with E-state index >= 15 is 0 Å². The number of hydrogen-bond donors (Lipinski definition) is 2. The zero-order valence-electron chi connectivity index (χ0n) is 60.1. The molecule has 0 aromatic heterocycles. The van der Waals surface area contributed by atoms with Gasteiger partial charge in [-0.3, -0.25) is 16.7 Å². The van der Waals surface area contributed by atoms with Crippen molar-refractivity contribution in [1.29, 1.82) is 0 Å². The summed E-state index contributed by atoms with van der Waals surface area (Å²) in [4.78, 5) is 83.6. The van der Waals surface area contributed by atoms with E-state index in [2.05, 4.69) is 106 Å². The fraction of sp³-hybridized carbons (Fsp3) is 0.849. The predicted molar refractivity (Wildman–Crippen MR) is 347 cm³/mol. The van der Waals surface area contributed by atoms with Crippen molar-refractivity contribution in [2.75, 3.05) is 52.4 Å². The molecule has 16 atom stereocenters. The van der Waals surface area contributed by atoms with E-state index in [-0.39, 0.29) is 130 Å². The van der Waals surface area contributed by atoms with Crippen molar-refractivity contribution in [3.8, 4) is 0 Å². The Balaban J connectivity index is 0.00000160. The zero-order valence-corrected chi connectivity index (χ0v) is 60.1. The van der Waals surface area contributed by atoms with Crippen molar-refractivity contribution in [1.82, 2.24) is 20.4 Å². The third-order valence-corrected chi connectivity index (χ3v) is 24.0. The molecule has 516 valence electrons. The van der Waals surface area contributed by atoms with E-state index in [1.165, 1.54) is 113 Å². The Morgan fingerprint density at radius 2 is 1.01 bits per heavy atom. The molecule has 8 aliphatic carbocycles. The Labute approximate surface area is 598 Å². The number of esters is 1. The predicted octanol–water partition coefficient (Wildman–Crippen LogP) is 4.67. The van der Waals surface area contributed by atoms with E-state index in [0.717, 1.165) is 123 Å². The third-order valence-electron chi connectivity index (χ3n) is 24.0. The number of carbonyl (C=O) groups excluding carboxylic acids is 8. The molecule has 17 nitrogen and oxygen atoms in total. The first kappa shape index (κ1) is 90.4. The van der Waals surface area contributed by atoms with Gasteiger partial charge < -0.3 is 45.1 Å². The molecule has 0 aromatic rings. The Morgan fingerprint density at radius 1 is 0.602 bits per heavy atom. The fourth-order valence-corrected chi connectivity index (χ4v) is 19.8. The molecule has 0 radical (unpaired) electrons. The van der Waals surface area contributed by atoms with Gasteiger partial charge in [-0.25, -0.2) is 9.59 Å². The number of carbonyl (C=O) groups is 4. The Hall–Kier alpha value is -2.61. The Morgan fingerprint density at radius 3 is 1.39 bits per heavy atom. The summed E-state index contributed by atoms with van der Waals surface area (Å²) in [5.41, 5.74) is 4.59. The van der Waals surface area contributed by atoms with E-state index in [1.54, 1.807) is 5.57 Å². The summed E-state index contributed by atoms with van der Waals surface area (Å²) >= 11 is 0. The van der Waals surface area contributed by atoms with Crippen LogP contribution in [0.5, 0.6) is 0 Å². The number of fused-ring (bicyclic) bond motifs is 10. The van der Waals surface area contributed by atoms with Crippen molar-refractivity contribution in [3.63, 3.8) is 0 Å². The number of allylic oxidation sites excluding steroid dienone is 2. The summed E-state index contributed by atoms with van der Waals surface area (Å²) in [5, 5.41) is 16.3. The minimum absolute atomic E-state index is 0. The molecule has 93 heavy (non-hydrogen) atoms. The summed E-state index contributed by atoms with van der Waals surface area (Å²) in [5.74, 6) is 8.58. The summed E-state index contributed by atoms with van der Waals surface area (Å²) in [7, 11) is 3.64. The zero-order chi connectivity index (χ0) is 65.0. The van der Waals surface area contributed by atoms with Gasteiger partial charge in [-0.05, 0) is 209 Å². The number of hydrogen-bond acceptors (Lipinski definition) is 15. The molecule has 0 aliphatic heterocycles. The molecular formula is C73H123Li3N4O13. The Kier molecular flexibility index (Phi) is 41.8. The van der Waals surface area contributed by atoms with Crippen molar-refractivity contribution < 1.29 is 120 Å². The molecule has 20 heteroatoms. The monoisotopic (exact) mass is 1280 g/mol. The maximum Gasteiger partial charge on any atom is 1.00 e. The molecule has 8 aliphatic rings. The number of alkyl carbamates (subject to hydrolysis) is 2. The molecule has 8 rings (SSSR count). The molecule has 6 saturated carbocycles. The van der Waals surface area contributed by atoms with Crippen LogP contribution in [0.1, 0.15) is 238 Å². The van der Waals surface area contributed by atoms with Gasteiger partial charge in [0.05, 0.1) is 19.1 Å². The number of aliphatic carboxylic acids is 1. The molecule has 0 aromatic carbocycles. The van der Waals surface area contributed by atoms with Crippen LogP contribution >= 0.6 is 0 Å². The quantitative estimate of drug-likeness (QED) is 0.0415. The maximum absolute atomic E-state index is 12.7. The van der Waals surface area contributed by atoms with Gasteiger partial charge in [0.25, 0.3) is 0 Å². The normalized spacial score (nSPS) is 31.3. The molecular weight excluding hydrogens is 1160 g/mol. The van der Waals surface area contributed by atoms with Crippen molar-refractivity contribution >= 4 is 36.4 Å². The van der Waals surface area contributed by atoms with E-state index in [0.29, 0.717) is 43.6 Å². The van der Waals surface area contributed by atoms with E-state index in [4.69, 9.17) is 33.4 Å². The van der Waals surface area contributed by atoms with Gasteiger partial charge in [-0.1, -0.05) is 145 Å². The molecule has 6 fully saturated rings. The molecule has 0 unspecified atom stereocenters. The van der Waals surface area contributed by atoms with Crippen molar-refractivity contribution in [3.05, 3.63) is 30.3 Å². The Bertz CT molecular complexity index is 2370. The minimum atomic E-state index is -1.18. The smallest absolute Gasteiger partial charge is 0.870 e. The summed E-state index contributed by atoms with van der Waals surface area (Å²) in [6, 6.07) is 0. The van der Waals surface area contributed by atoms with Gasteiger partial charge in [-0.15, -0.1) is 0 Å². The number of rotatable bonds is 25. The fourth-order valence-electron chi connectivity index (χ4n) is 19.8. The van der Waals surface area contributed by atoms with Crippen LogP contribution in [0.2, 0.25) is 0 Å². The van der Waals surface area contributed by atoms with Crippen molar-refractivity contribution in [2.45, 2.75) is 250 Å². The van der Waals surface area contributed by atoms with Gasteiger partial charge in [0.15, 0.2) is 0 Å². The van der Waals surface area contributed by atoms with E-state index in [9.17, 15) is 24.3 Å². The van der Waals surface area contributed by atoms with Crippen LogP contribution in [0, 0.1) is 99.7 Å².